The molecule has 0 saturated heterocycles. The highest BCUT2D eigenvalue weighted by Gasteiger charge is 2.02. The van der Waals surface area contributed by atoms with Crippen LogP contribution in [-0.4, -0.2) is 37.7 Å². The number of ether oxygens (including phenoxy) is 1. The second kappa shape index (κ2) is 9.27. The summed E-state index contributed by atoms with van der Waals surface area (Å²) >= 11 is 0. The van der Waals surface area contributed by atoms with E-state index >= 15 is 0 Å². The molecule has 0 bridgehead atoms. The topological polar surface area (TPSA) is 58.5 Å². The lowest BCUT2D eigenvalue weighted by Crippen LogP contribution is -2.38. The van der Waals surface area contributed by atoms with Crippen LogP contribution < -0.4 is 10.6 Å². The van der Waals surface area contributed by atoms with Gasteiger partial charge in [-0.3, -0.25) is 4.98 Å². The summed E-state index contributed by atoms with van der Waals surface area (Å²) in [5.41, 5.74) is 0.344. The van der Waals surface area contributed by atoms with Crippen molar-refractivity contribution in [3.63, 3.8) is 0 Å². The molecule has 19 heavy (non-hydrogen) atoms. The van der Waals surface area contributed by atoms with Crippen molar-refractivity contribution in [2.24, 2.45) is 4.99 Å². The molecule has 0 radical (unpaired) electrons. The van der Waals surface area contributed by atoms with Gasteiger partial charge in [-0.05, 0) is 25.5 Å². The minimum Gasteiger partial charge on any atom is -0.385 e. The van der Waals surface area contributed by atoms with E-state index in [2.05, 4.69) is 20.6 Å². The van der Waals surface area contributed by atoms with Gasteiger partial charge in [-0.25, -0.2) is 9.38 Å². The Labute approximate surface area is 113 Å². The number of nitrogens with one attached hydrogen (secondary N) is 2. The zero-order valence-corrected chi connectivity index (χ0v) is 11.4. The Balaban J connectivity index is 2.50. The van der Waals surface area contributed by atoms with Crippen molar-refractivity contribution in [1.29, 1.82) is 0 Å². The molecule has 0 unspecified atom stereocenters. The van der Waals surface area contributed by atoms with Crippen LogP contribution in [0.1, 0.15) is 19.0 Å². The van der Waals surface area contributed by atoms with E-state index in [9.17, 15) is 4.39 Å². The fourth-order valence-corrected chi connectivity index (χ4v) is 1.45. The average Bonchev–Trinajstić information content (AvgIpc) is 2.42. The number of rotatable bonds is 7. The summed E-state index contributed by atoms with van der Waals surface area (Å²) in [5.74, 6) is 0.324. The smallest absolute Gasteiger partial charge is 0.191 e. The van der Waals surface area contributed by atoms with Gasteiger partial charge in [0.25, 0.3) is 0 Å². The lowest BCUT2D eigenvalue weighted by Gasteiger charge is -2.10. The monoisotopic (exact) mass is 268 g/mol. The third kappa shape index (κ3) is 6.15. The van der Waals surface area contributed by atoms with Crippen molar-refractivity contribution in [3.05, 3.63) is 29.8 Å². The second-order valence-corrected chi connectivity index (χ2v) is 3.90. The summed E-state index contributed by atoms with van der Waals surface area (Å²) in [6.07, 6.45) is 2.45. The zero-order chi connectivity index (χ0) is 13.9. The lowest BCUT2D eigenvalue weighted by molar-refractivity contribution is 0.195. The van der Waals surface area contributed by atoms with Crippen molar-refractivity contribution < 1.29 is 9.13 Å². The second-order valence-electron chi connectivity index (χ2n) is 3.90. The Morgan fingerprint density at radius 1 is 1.47 bits per heavy atom. The summed E-state index contributed by atoms with van der Waals surface area (Å²) in [6.45, 7) is 4.40. The highest BCUT2D eigenvalue weighted by Crippen LogP contribution is 2.03. The van der Waals surface area contributed by atoms with E-state index in [0.29, 0.717) is 18.3 Å². The first kappa shape index (κ1) is 15.4. The van der Waals surface area contributed by atoms with Gasteiger partial charge >= 0.3 is 0 Å². The minimum atomic E-state index is -0.332. The molecule has 0 saturated carbocycles. The molecule has 1 aromatic heterocycles. The van der Waals surface area contributed by atoms with Gasteiger partial charge in [-0.15, -0.1) is 0 Å². The van der Waals surface area contributed by atoms with E-state index in [-0.39, 0.29) is 12.4 Å². The van der Waals surface area contributed by atoms with Gasteiger partial charge in [0.15, 0.2) is 5.96 Å². The normalized spacial score (nSPS) is 11.4. The Morgan fingerprint density at radius 2 is 2.32 bits per heavy atom. The molecule has 0 aliphatic heterocycles. The Kier molecular flexibility index (Phi) is 7.50. The molecule has 0 amide bonds. The molecule has 5 nitrogen and oxygen atoms in total. The molecule has 6 heteroatoms. The van der Waals surface area contributed by atoms with Crippen LogP contribution in [0.3, 0.4) is 0 Å². The zero-order valence-electron chi connectivity index (χ0n) is 11.4. The molecule has 1 rings (SSSR count). The fourth-order valence-electron chi connectivity index (χ4n) is 1.45. The van der Waals surface area contributed by atoms with Crippen LogP contribution in [0, 0.1) is 5.82 Å². The van der Waals surface area contributed by atoms with Crippen LogP contribution in [0.15, 0.2) is 23.3 Å². The number of guanidine groups is 1. The SMILES string of the molecule is CCNC(=NCc1ncccc1F)NCCCOC. The Morgan fingerprint density at radius 3 is 3.00 bits per heavy atom. The summed E-state index contributed by atoms with van der Waals surface area (Å²) in [6, 6.07) is 2.95. The van der Waals surface area contributed by atoms with Gasteiger partial charge in [0.1, 0.15) is 5.82 Å². The van der Waals surface area contributed by atoms with Crippen molar-refractivity contribution in [3.8, 4) is 0 Å². The maximum atomic E-state index is 13.4. The van der Waals surface area contributed by atoms with Gasteiger partial charge in [0.2, 0.25) is 0 Å². The van der Waals surface area contributed by atoms with Gasteiger partial charge in [0.05, 0.1) is 12.2 Å². The number of nitrogens with zero attached hydrogens (tertiary/aromatic N) is 2. The summed E-state index contributed by atoms with van der Waals surface area (Å²) < 4.78 is 18.4. The molecule has 0 fully saturated rings. The number of hydrogen-bond acceptors (Lipinski definition) is 3. The highest BCUT2D eigenvalue weighted by atomic mass is 19.1. The first-order valence-electron chi connectivity index (χ1n) is 6.38. The van der Waals surface area contributed by atoms with Crippen molar-refractivity contribution in [2.75, 3.05) is 26.8 Å². The molecule has 1 heterocycles. The van der Waals surface area contributed by atoms with Crippen molar-refractivity contribution in [1.82, 2.24) is 15.6 Å². The standard InChI is InChI=1S/C13H21FN4O/c1-3-15-13(17-8-5-9-19-2)18-10-12-11(14)6-4-7-16-12/h4,6-7H,3,5,8-10H2,1-2H3,(H2,15,17,18). The molecule has 0 atom stereocenters. The van der Waals surface area contributed by atoms with Gasteiger partial charge in [-0.2, -0.15) is 0 Å². The average molecular weight is 268 g/mol. The number of methoxy groups -OCH3 is 1. The number of pyridine rings is 1. The van der Waals surface area contributed by atoms with E-state index < -0.39 is 0 Å². The lowest BCUT2D eigenvalue weighted by atomic mass is 10.3. The van der Waals surface area contributed by atoms with Crippen LogP contribution in [0.4, 0.5) is 4.39 Å². The summed E-state index contributed by atoms with van der Waals surface area (Å²) in [7, 11) is 1.67. The first-order valence-corrected chi connectivity index (χ1v) is 6.38. The van der Waals surface area contributed by atoms with Gasteiger partial charge < -0.3 is 15.4 Å². The van der Waals surface area contributed by atoms with Gasteiger partial charge in [-0.1, -0.05) is 0 Å². The molecule has 0 aromatic carbocycles. The van der Waals surface area contributed by atoms with E-state index in [1.54, 1.807) is 19.4 Å². The van der Waals surface area contributed by atoms with Crippen LogP contribution in [0.5, 0.6) is 0 Å². The van der Waals surface area contributed by atoms with Crippen LogP contribution >= 0.6 is 0 Å². The van der Waals surface area contributed by atoms with Gasteiger partial charge in [0, 0.05) is 33.0 Å². The summed E-state index contributed by atoms with van der Waals surface area (Å²) in [5, 5.41) is 6.25. The molecule has 0 aliphatic carbocycles. The van der Waals surface area contributed by atoms with Crippen LogP contribution in [-0.2, 0) is 11.3 Å². The highest BCUT2D eigenvalue weighted by molar-refractivity contribution is 5.79. The molecule has 2 N–H and O–H groups in total. The van der Waals surface area contributed by atoms with Crippen LogP contribution in [0.2, 0.25) is 0 Å². The largest absolute Gasteiger partial charge is 0.385 e. The van der Waals surface area contributed by atoms with Crippen molar-refractivity contribution >= 4 is 5.96 Å². The molecule has 0 aliphatic rings. The quantitative estimate of drug-likeness (QED) is 0.445. The van der Waals surface area contributed by atoms with Crippen LogP contribution in [0.25, 0.3) is 0 Å². The van der Waals surface area contributed by atoms with Crippen molar-refractivity contribution in [2.45, 2.75) is 19.9 Å². The predicted octanol–water partition coefficient (Wildman–Crippen LogP) is 1.31. The number of aromatic nitrogens is 1. The number of halogens is 1. The molecular formula is C13H21FN4O. The van der Waals surface area contributed by atoms with E-state index in [4.69, 9.17) is 4.74 Å². The van der Waals surface area contributed by atoms with E-state index in [1.807, 2.05) is 6.92 Å². The number of hydrogen-bond donors (Lipinski definition) is 2. The molecule has 106 valence electrons. The van der Waals surface area contributed by atoms with E-state index in [0.717, 1.165) is 19.5 Å². The fraction of sp³-hybridized carbons (Fsp3) is 0.538. The molecule has 1 aromatic rings. The Bertz CT molecular complexity index is 398. The first-order chi connectivity index (χ1) is 9.27. The minimum absolute atomic E-state index is 0.215. The van der Waals surface area contributed by atoms with E-state index in [1.165, 1.54) is 6.07 Å². The third-order valence-corrected chi connectivity index (χ3v) is 2.38. The maximum Gasteiger partial charge on any atom is 0.191 e. The molecular weight excluding hydrogens is 247 g/mol. The maximum absolute atomic E-state index is 13.4. The summed E-state index contributed by atoms with van der Waals surface area (Å²) in [4.78, 5) is 8.26. The third-order valence-electron chi connectivity index (χ3n) is 2.38. The Hall–Kier alpha value is -1.69. The molecule has 0 spiro atoms. The predicted molar refractivity (Wildman–Crippen MR) is 73.5 cm³/mol. The number of aliphatic imine (C=N–C) groups is 1.